The van der Waals surface area contributed by atoms with Crippen LogP contribution in [0.5, 0.6) is 0 Å². The molecule has 0 amide bonds. The highest BCUT2D eigenvalue weighted by atomic mass is 16.5. The minimum absolute atomic E-state index is 0.366. The fraction of sp³-hybridized carbons (Fsp3) is 0.762. The number of allylic oxidation sites excluding steroid dienone is 6. The molecule has 0 saturated carbocycles. The molecule has 0 spiro atoms. The predicted octanol–water partition coefficient (Wildman–Crippen LogP) is 13.3. The number of hydrogen-bond acceptors (Lipinski definition) is 4. The minimum Gasteiger partial charge on any atom is -0.463 e. The first-order valence-corrected chi connectivity index (χ1v) is 19.7. The lowest BCUT2D eigenvalue weighted by molar-refractivity contribution is -0.138. The van der Waals surface area contributed by atoms with Gasteiger partial charge in [-0.2, -0.15) is 0 Å². The van der Waals surface area contributed by atoms with Crippen molar-refractivity contribution in [3.05, 3.63) is 48.6 Å². The van der Waals surface area contributed by atoms with E-state index in [4.69, 9.17) is 9.47 Å². The number of rotatable bonds is 35. The van der Waals surface area contributed by atoms with Crippen molar-refractivity contribution in [2.24, 2.45) is 0 Å². The minimum atomic E-state index is -0.366. The third kappa shape index (κ3) is 38.1. The van der Waals surface area contributed by atoms with E-state index in [1.165, 1.54) is 178 Å². The van der Waals surface area contributed by atoms with Gasteiger partial charge in [-0.25, -0.2) is 9.59 Å². The second-order valence-corrected chi connectivity index (χ2v) is 12.9. The molecule has 0 aliphatic carbocycles. The van der Waals surface area contributed by atoms with Crippen LogP contribution in [0.15, 0.2) is 48.6 Å². The molecule has 4 nitrogen and oxygen atoms in total. The van der Waals surface area contributed by atoms with Crippen molar-refractivity contribution in [3.63, 3.8) is 0 Å². The van der Waals surface area contributed by atoms with Crippen molar-refractivity contribution >= 4 is 11.9 Å². The van der Waals surface area contributed by atoms with Crippen LogP contribution in [0.1, 0.15) is 194 Å². The van der Waals surface area contributed by atoms with Gasteiger partial charge in [0, 0.05) is 12.2 Å². The van der Waals surface area contributed by atoms with Crippen LogP contribution in [-0.2, 0) is 19.1 Å². The van der Waals surface area contributed by atoms with E-state index in [1.54, 1.807) is 0 Å². The number of carbonyl (C=O) groups excluding carboxylic acids is 2. The number of hydrogen-bond donors (Lipinski definition) is 0. The molecule has 0 unspecified atom stereocenters. The molecule has 0 rings (SSSR count). The molecule has 0 bridgehead atoms. The normalized spacial score (nSPS) is 12.0. The third-order valence-corrected chi connectivity index (χ3v) is 8.38. The molecule has 0 N–H and O–H groups in total. The van der Waals surface area contributed by atoms with Crippen molar-refractivity contribution in [1.29, 1.82) is 0 Å². The van der Waals surface area contributed by atoms with Crippen molar-refractivity contribution in [3.8, 4) is 0 Å². The van der Waals surface area contributed by atoms with Crippen LogP contribution in [0, 0.1) is 0 Å². The summed E-state index contributed by atoms with van der Waals surface area (Å²) >= 11 is 0. The topological polar surface area (TPSA) is 52.6 Å². The van der Waals surface area contributed by atoms with Crippen LogP contribution in [0.25, 0.3) is 0 Å². The van der Waals surface area contributed by atoms with Crippen molar-refractivity contribution in [2.45, 2.75) is 194 Å². The Kier molecular flexibility index (Phi) is 37.3. The predicted molar refractivity (Wildman–Crippen MR) is 199 cm³/mol. The molecule has 0 fully saturated rings. The van der Waals surface area contributed by atoms with E-state index in [2.05, 4.69) is 38.2 Å². The van der Waals surface area contributed by atoms with Crippen molar-refractivity contribution in [2.75, 3.05) is 13.2 Å². The summed E-state index contributed by atoms with van der Waals surface area (Å²) in [4.78, 5) is 23.7. The summed E-state index contributed by atoms with van der Waals surface area (Å²) in [6, 6.07) is 0. The molecule has 46 heavy (non-hydrogen) atoms. The Bertz CT molecular complexity index is 700. The summed E-state index contributed by atoms with van der Waals surface area (Å²) in [7, 11) is 0. The van der Waals surface area contributed by atoms with E-state index >= 15 is 0 Å². The van der Waals surface area contributed by atoms with Gasteiger partial charge in [0.1, 0.15) is 0 Å². The summed E-state index contributed by atoms with van der Waals surface area (Å²) in [5.74, 6) is -0.732. The average Bonchev–Trinajstić information content (AvgIpc) is 3.06. The number of esters is 2. The third-order valence-electron chi connectivity index (χ3n) is 8.38. The maximum Gasteiger partial charge on any atom is 0.330 e. The Balaban J connectivity index is 3.45. The largest absolute Gasteiger partial charge is 0.463 e. The second-order valence-electron chi connectivity index (χ2n) is 12.9. The van der Waals surface area contributed by atoms with Crippen LogP contribution in [0.2, 0.25) is 0 Å². The summed E-state index contributed by atoms with van der Waals surface area (Å²) in [6.07, 6.45) is 50.5. The molecule has 266 valence electrons. The van der Waals surface area contributed by atoms with Crippen LogP contribution in [0.4, 0.5) is 0 Å². The Morgan fingerprint density at radius 1 is 0.370 bits per heavy atom. The molecule has 0 saturated heterocycles. The Morgan fingerprint density at radius 2 is 0.630 bits per heavy atom. The molecule has 0 aliphatic rings. The van der Waals surface area contributed by atoms with Gasteiger partial charge in [0.25, 0.3) is 0 Å². The first-order chi connectivity index (χ1) is 22.7. The average molecular weight is 643 g/mol. The first kappa shape index (κ1) is 43.9. The molecular weight excluding hydrogens is 568 g/mol. The van der Waals surface area contributed by atoms with Gasteiger partial charge in [0.05, 0.1) is 13.2 Å². The highest BCUT2D eigenvalue weighted by Crippen LogP contribution is 2.11. The lowest BCUT2D eigenvalue weighted by Crippen LogP contribution is -2.03. The maximum absolute atomic E-state index is 11.8. The molecule has 0 heterocycles. The Hall–Kier alpha value is -2.10. The van der Waals surface area contributed by atoms with Crippen LogP contribution in [0.3, 0.4) is 0 Å². The van der Waals surface area contributed by atoms with Crippen LogP contribution < -0.4 is 0 Å². The van der Waals surface area contributed by atoms with E-state index in [9.17, 15) is 9.59 Å². The van der Waals surface area contributed by atoms with Crippen LogP contribution in [-0.4, -0.2) is 25.2 Å². The zero-order valence-corrected chi connectivity index (χ0v) is 30.5. The summed E-state index contributed by atoms with van der Waals surface area (Å²) in [5, 5.41) is 0. The van der Waals surface area contributed by atoms with Gasteiger partial charge in [-0.1, -0.05) is 166 Å². The lowest BCUT2D eigenvalue weighted by Gasteiger charge is -2.03. The maximum atomic E-state index is 11.8. The van der Waals surface area contributed by atoms with Gasteiger partial charge in [-0.3, -0.25) is 0 Å². The van der Waals surface area contributed by atoms with E-state index < -0.39 is 0 Å². The molecule has 0 aromatic rings. The Labute approximate surface area is 285 Å². The molecule has 0 atom stereocenters. The van der Waals surface area contributed by atoms with Crippen molar-refractivity contribution in [1.82, 2.24) is 0 Å². The van der Waals surface area contributed by atoms with Gasteiger partial charge in [0.15, 0.2) is 0 Å². The van der Waals surface area contributed by atoms with E-state index in [1.807, 2.05) is 0 Å². The van der Waals surface area contributed by atoms with E-state index in [-0.39, 0.29) is 11.9 Å². The zero-order valence-electron chi connectivity index (χ0n) is 30.5. The van der Waals surface area contributed by atoms with Gasteiger partial charge in [-0.05, 0) is 64.2 Å². The molecule has 0 aliphatic heterocycles. The first-order valence-electron chi connectivity index (χ1n) is 19.7. The summed E-state index contributed by atoms with van der Waals surface area (Å²) in [5.41, 5.74) is 0. The SMILES string of the molecule is CCCCCCCC/C=C\CCCCCCCCOC(=O)/C=C\C=C\C(=O)OCCCCCCCC/C=C\CCCCCCCC. The van der Waals surface area contributed by atoms with Gasteiger partial charge in [0.2, 0.25) is 0 Å². The van der Waals surface area contributed by atoms with Gasteiger partial charge >= 0.3 is 11.9 Å². The van der Waals surface area contributed by atoms with E-state index in [0.717, 1.165) is 25.7 Å². The molecule has 0 aromatic heterocycles. The van der Waals surface area contributed by atoms with Crippen LogP contribution >= 0.6 is 0 Å². The number of ether oxygens (including phenoxy) is 2. The highest BCUT2D eigenvalue weighted by molar-refractivity contribution is 5.84. The second kappa shape index (κ2) is 39.1. The fourth-order valence-electron chi connectivity index (χ4n) is 5.41. The standard InChI is InChI=1S/C42H74O4/c1-3-5-7-9-11-13-15-17-19-21-23-25-27-29-31-35-39-45-41(43)37-33-34-38-42(44)46-40-36-32-30-28-26-24-22-20-18-16-14-12-10-8-6-4-2/h17-20,33-34,37-38H,3-16,21-32,35-36,39-40H2,1-2H3/b19-17-,20-18-,37-33-,38-34+. The monoisotopic (exact) mass is 643 g/mol. The fourth-order valence-corrected chi connectivity index (χ4v) is 5.41. The van der Waals surface area contributed by atoms with E-state index in [0.29, 0.717) is 13.2 Å². The highest BCUT2D eigenvalue weighted by Gasteiger charge is 1.99. The lowest BCUT2D eigenvalue weighted by atomic mass is 10.1. The van der Waals surface area contributed by atoms with Gasteiger partial charge < -0.3 is 9.47 Å². The molecule has 0 radical (unpaired) electrons. The summed E-state index contributed by atoms with van der Waals surface area (Å²) in [6.45, 7) is 5.44. The molecular formula is C42H74O4. The molecule has 4 heteroatoms. The smallest absolute Gasteiger partial charge is 0.330 e. The quantitative estimate of drug-likeness (QED) is 0.0227. The number of unbranched alkanes of at least 4 members (excludes halogenated alkanes) is 24. The molecule has 0 aromatic carbocycles. The Morgan fingerprint density at radius 3 is 0.935 bits per heavy atom. The summed E-state index contributed by atoms with van der Waals surface area (Å²) < 4.78 is 10.5. The number of carbonyl (C=O) groups is 2. The van der Waals surface area contributed by atoms with Crippen molar-refractivity contribution < 1.29 is 19.1 Å². The zero-order chi connectivity index (χ0) is 33.4. The van der Waals surface area contributed by atoms with Gasteiger partial charge in [-0.15, -0.1) is 0 Å².